The highest BCUT2D eigenvalue weighted by Gasteiger charge is 2.32. The van der Waals surface area contributed by atoms with Crippen molar-refractivity contribution < 1.29 is 24.5 Å². The number of amides is 1. The van der Waals surface area contributed by atoms with Gasteiger partial charge in [-0.1, -0.05) is 35.9 Å². The van der Waals surface area contributed by atoms with E-state index in [2.05, 4.69) is 10.3 Å². The lowest BCUT2D eigenvalue weighted by Crippen LogP contribution is -2.32. The third-order valence-electron chi connectivity index (χ3n) is 5.46. The summed E-state index contributed by atoms with van der Waals surface area (Å²) in [7, 11) is 0. The van der Waals surface area contributed by atoms with E-state index in [4.69, 9.17) is 4.74 Å². The van der Waals surface area contributed by atoms with Gasteiger partial charge in [-0.3, -0.25) is 9.78 Å². The van der Waals surface area contributed by atoms with Gasteiger partial charge in [0.15, 0.2) is 0 Å². The zero-order chi connectivity index (χ0) is 24.3. The van der Waals surface area contributed by atoms with Crippen LogP contribution in [0.1, 0.15) is 32.6 Å². The van der Waals surface area contributed by atoms with E-state index in [0.717, 1.165) is 16.3 Å². The number of aryl methyl sites for hydroxylation is 2. The minimum absolute atomic E-state index is 0.0297. The fourth-order valence-electron chi connectivity index (χ4n) is 3.68. The van der Waals surface area contributed by atoms with E-state index >= 15 is 0 Å². The first-order valence-electron chi connectivity index (χ1n) is 10.7. The first kappa shape index (κ1) is 23.1. The number of pyridine rings is 1. The van der Waals surface area contributed by atoms with Gasteiger partial charge >= 0.3 is 11.9 Å². The Morgan fingerprint density at radius 2 is 1.71 bits per heavy atom. The summed E-state index contributed by atoms with van der Waals surface area (Å²) in [4.78, 5) is 29.0. The number of aromatic nitrogens is 1. The molecule has 4 aromatic rings. The van der Waals surface area contributed by atoms with E-state index in [0.29, 0.717) is 16.8 Å². The first-order valence-corrected chi connectivity index (χ1v) is 10.7. The molecule has 0 saturated carbocycles. The molecule has 0 aliphatic carbocycles. The number of benzene rings is 3. The molecule has 1 aromatic heterocycles. The summed E-state index contributed by atoms with van der Waals surface area (Å²) >= 11 is 0. The van der Waals surface area contributed by atoms with E-state index < -0.39 is 11.9 Å². The second kappa shape index (κ2) is 9.43. The minimum atomic E-state index is -2.81. The summed E-state index contributed by atoms with van der Waals surface area (Å²) in [6, 6.07) is 18.5. The maximum absolute atomic E-state index is 12.5. The van der Waals surface area contributed by atoms with E-state index in [1.165, 1.54) is 12.1 Å². The summed E-state index contributed by atoms with van der Waals surface area (Å²) in [5.74, 6) is -3.88. The van der Waals surface area contributed by atoms with Crippen LogP contribution in [0.25, 0.3) is 10.8 Å². The van der Waals surface area contributed by atoms with Gasteiger partial charge in [-0.25, -0.2) is 4.79 Å². The molecular weight excluding hydrogens is 432 g/mol. The van der Waals surface area contributed by atoms with Crippen LogP contribution in [-0.2, 0) is 21.9 Å². The molecule has 0 spiro atoms. The molecule has 3 N–H and O–H groups in total. The van der Waals surface area contributed by atoms with Crippen LogP contribution in [0, 0.1) is 13.8 Å². The average Bonchev–Trinajstić information content (AvgIpc) is 2.79. The normalized spacial score (nSPS) is 11.3. The van der Waals surface area contributed by atoms with E-state index in [-0.39, 0.29) is 23.5 Å². The van der Waals surface area contributed by atoms with Crippen LogP contribution in [0.5, 0.6) is 0 Å². The Morgan fingerprint density at radius 3 is 2.44 bits per heavy atom. The first-order chi connectivity index (χ1) is 16.2. The van der Waals surface area contributed by atoms with E-state index in [1.54, 1.807) is 49.6 Å². The maximum atomic E-state index is 12.5. The largest absolute Gasteiger partial charge is 0.400 e. The number of aliphatic hydroxyl groups is 2. The third kappa shape index (κ3) is 5.28. The molecule has 1 heterocycles. The summed E-state index contributed by atoms with van der Waals surface area (Å²) in [5, 5.41) is 25.5. The van der Waals surface area contributed by atoms with E-state index in [9.17, 15) is 19.8 Å². The smallest absolute Gasteiger partial charge is 0.353 e. The van der Waals surface area contributed by atoms with Gasteiger partial charge in [-0.15, -0.1) is 0 Å². The quantitative estimate of drug-likeness (QED) is 0.299. The van der Waals surface area contributed by atoms with Gasteiger partial charge in [0.05, 0.1) is 17.5 Å². The molecule has 34 heavy (non-hydrogen) atoms. The maximum Gasteiger partial charge on any atom is 0.353 e. The lowest BCUT2D eigenvalue weighted by atomic mass is 10.1. The number of rotatable bonds is 6. The standard InChI is InChI=1S/C27H24N2O5/c1-17-3-10-24(18(2)13-17)26(31)34-27(32,33)22-7-4-19(5-8-22)14-25(30)29-23-9-6-21-16-28-12-11-20(21)15-23/h3-13,15-16,32-33H,14H2,1-2H3,(H,29,30). The third-order valence-corrected chi connectivity index (χ3v) is 5.46. The summed E-state index contributed by atoms with van der Waals surface area (Å²) in [6.07, 6.45) is 3.53. The molecule has 3 aromatic carbocycles. The molecule has 7 nitrogen and oxygen atoms in total. The lowest BCUT2D eigenvalue weighted by Gasteiger charge is -2.22. The van der Waals surface area contributed by atoms with Crippen molar-refractivity contribution >= 4 is 28.3 Å². The Bertz CT molecular complexity index is 1360. The van der Waals surface area contributed by atoms with Crippen molar-refractivity contribution in [1.29, 1.82) is 0 Å². The molecule has 172 valence electrons. The van der Waals surface area contributed by atoms with Gasteiger partial charge < -0.3 is 20.3 Å². The zero-order valence-electron chi connectivity index (χ0n) is 18.8. The average molecular weight is 456 g/mol. The van der Waals surface area contributed by atoms with Crippen LogP contribution in [-0.4, -0.2) is 27.1 Å². The molecule has 0 unspecified atom stereocenters. The molecule has 0 aliphatic rings. The SMILES string of the molecule is Cc1ccc(C(=O)OC(O)(O)c2ccc(CC(=O)Nc3ccc4cnccc4c3)cc2)c(C)c1. The molecule has 0 saturated heterocycles. The molecular formula is C27H24N2O5. The number of fused-ring (bicyclic) bond motifs is 1. The fraction of sp³-hybridized carbons (Fsp3) is 0.148. The molecule has 0 aliphatic heterocycles. The van der Waals surface area contributed by atoms with Crippen LogP contribution in [0.15, 0.2) is 79.1 Å². The molecule has 4 rings (SSSR count). The molecule has 1 amide bonds. The number of carbonyl (C=O) groups is 2. The highest BCUT2D eigenvalue weighted by Crippen LogP contribution is 2.24. The zero-order valence-corrected chi connectivity index (χ0v) is 18.8. The number of ether oxygens (including phenoxy) is 1. The molecule has 0 radical (unpaired) electrons. The molecule has 0 bridgehead atoms. The predicted octanol–water partition coefficient (Wildman–Crippen LogP) is 3.98. The van der Waals surface area contributed by atoms with Crippen LogP contribution in [0.3, 0.4) is 0 Å². The topological polar surface area (TPSA) is 109 Å². The van der Waals surface area contributed by atoms with Crippen molar-refractivity contribution in [3.05, 3.63) is 107 Å². The van der Waals surface area contributed by atoms with Gasteiger partial charge in [0, 0.05) is 23.5 Å². The molecule has 0 atom stereocenters. The van der Waals surface area contributed by atoms with Crippen molar-refractivity contribution in [2.24, 2.45) is 0 Å². The summed E-state index contributed by atoms with van der Waals surface area (Å²) < 4.78 is 4.95. The predicted molar refractivity (Wildman–Crippen MR) is 128 cm³/mol. The summed E-state index contributed by atoms with van der Waals surface area (Å²) in [6.45, 7) is 3.64. The number of anilines is 1. The van der Waals surface area contributed by atoms with Gasteiger partial charge in [0.2, 0.25) is 5.91 Å². The van der Waals surface area contributed by atoms with Gasteiger partial charge in [-0.05, 0) is 66.8 Å². The Labute approximate surface area is 196 Å². The Hall–Kier alpha value is -4.07. The molecule has 0 fully saturated rings. The van der Waals surface area contributed by atoms with Crippen LogP contribution >= 0.6 is 0 Å². The fourth-order valence-corrected chi connectivity index (χ4v) is 3.68. The van der Waals surface area contributed by atoms with Crippen molar-refractivity contribution in [2.75, 3.05) is 5.32 Å². The van der Waals surface area contributed by atoms with Gasteiger partial charge in [-0.2, -0.15) is 0 Å². The number of hydrogen-bond donors (Lipinski definition) is 3. The lowest BCUT2D eigenvalue weighted by molar-refractivity contribution is -0.319. The monoisotopic (exact) mass is 456 g/mol. The minimum Gasteiger partial charge on any atom is -0.400 e. The van der Waals surface area contributed by atoms with E-state index in [1.807, 2.05) is 31.2 Å². The Kier molecular flexibility index (Phi) is 6.40. The Balaban J connectivity index is 1.40. The Morgan fingerprint density at radius 1 is 0.941 bits per heavy atom. The van der Waals surface area contributed by atoms with Crippen molar-refractivity contribution in [3.8, 4) is 0 Å². The van der Waals surface area contributed by atoms with Gasteiger partial charge in [0.25, 0.3) is 0 Å². The van der Waals surface area contributed by atoms with Crippen molar-refractivity contribution in [2.45, 2.75) is 26.2 Å². The highest BCUT2D eigenvalue weighted by atomic mass is 16.8. The van der Waals surface area contributed by atoms with Gasteiger partial charge in [0.1, 0.15) is 0 Å². The van der Waals surface area contributed by atoms with Crippen LogP contribution < -0.4 is 5.32 Å². The number of carbonyl (C=O) groups excluding carboxylic acids is 2. The summed E-state index contributed by atoms with van der Waals surface area (Å²) in [5.41, 5.74) is 3.19. The number of esters is 1. The van der Waals surface area contributed by atoms with Crippen LogP contribution in [0.2, 0.25) is 0 Å². The van der Waals surface area contributed by atoms with Crippen LogP contribution in [0.4, 0.5) is 5.69 Å². The second-order valence-corrected chi connectivity index (χ2v) is 8.18. The highest BCUT2D eigenvalue weighted by molar-refractivity contribution is 5.95. The number of hydrogen-bond acceptors (Lipinski definition) is 6. The second-order valence-electron chi connectivity index (χ2n) is 8.18. The van der Waals surface area contributed by atoms with Crippen molar-refractivity contribution in [1.82, 2.24) is 4.98 Å². The van der Waals surface area contributed by atoms with Crippen molar-refractivity contribution in [3.63, 3.8) is 0 Å². The molecule has 7 heteroatoms. The number of nitrogens with one attached hydrogen (secondary N) is 1. The number of nitrogens with zero attached hydrogens (tertiary/aromatic N) is 1.